The zero-order chi connectivity index (χ0) is 8.27. The number of hydrogen-bond acceptors (Lipinski definition) is 4. The molecule has 0 spiro atoms. The van der Waals surface area contributed by atoms with Gasteiger partial charge in [-0.25, -0.2) is 0 Å². The summed E-state index contributed by atoms with van der Waals surface area (Å²) in [6.07, 6.45) is 0.331. The van der Waals surface area contributed by atoms with E-state index in [1.165, 1.54) is 0 Å². The van der Waals surface area contributed by atoms with Crippen LogP contribution in [-0.2, 0) is 9.53 Å². The molecule has 0 amide bonds. The van der Waals surface area contributed by atoms with Crippen LogP contribution in [-0.4, -0.2) is 41.9 Å². The van der Waals surface area contributed by atoms with Crippen molar-refractivity contribution < 1.29 is 14.6 Å². The highest BCUT2D eigenvalue weighted by molar-refractivity contribution is 5.72. The van der Waals surface area contributed by atoms with Crippen molar-refractivity contribution in [3.8, 4) is 0 Å². The van der Waals surface area contributed by atoms with Crippen LogP contribution in [0.5, 0.6) is 0 Å². The lowest BCUT2D eigenvalue weighted by molar-refractivity contribution is -0.168. The van der Waals surface area contributed by atoms with Crippen LogP contribution in [0.25, 0.3) is 0 Å². The maximum absolute atomic E-state index is 10.7. The van der Waals surface area contributed by atoms with Crippen LogP contribution in [0.15, 0.2) is 0 Å². The number of hydrogen-bond donors (Lipinski definition) is 1. The number of carbonyl (C=O) groups is 1. The Balaban J connectivity index is 2.40. The molecule has 4 heteroatoms. The first kappa shape index (κ1) is 8.49. The SMILES string of the molecule is CCCN1CC(=O)OC[C@@H]1O. The van der Waals surface area contributed by atoms with E-state index in [0.717, 1.165) is 13.0 Å². The molecule has 0 aliphatic carbocycles. The van der Waals surface area contributed by atoms with E-state index in [4.69, 9.17) is 0 Å². The molecule has 1 N–H and O–H groups in total. The van der Waals surface area contributed by atoms with Crippen LogP contribution in [0, 0.1) is 0 Å². The fourth-order valence-corrected chi connectivity index (χ4v) is 1.11. The molecule has 0 aromatic rings. The van der Waals surface area contributed by atoms with E-state index >= 15 is 0 Å². The molecule has 0 aromatic heterocycles. The molecule has 64 valence electrons. The number of rotatable bonds is 2. The van der Waals surface area contributed by atoms with Gasteiger partial charge in [0.2, 0.25) is 0 Å². The molecule has 1 heterocycles. The summed E-state index contributed by atoms with van der Waals surface area (Å²) in [7, 11) is 0. The molecule has 1 aliphatic heterocycles. The second kappa shape index (κ2) is 3.69. The quantitative estimate of drug-likeness (QED) is 0.556. The molecule has 1 rings (SSSR count). The summed E-state index contributed by atoms with van der Waals surface area (Å²) >= 11 is 0. The second-order valence-corrected chi connectivity index (χ2v) is 2.63. The van der Waals surface area contributed by atoms with E-state index in [0.29, 0.717) is 0 Å². The standard InChI is InChI=1S/C7H13NO3/c1-2-3-8-4-7(10)11-5-6(8)9/h6,9H,2-5H2,1H3/t6-/m0/s1. The zero-order valence-electron chi connectivity index (χ0n) is 6.62. The molecule has 0 saturated carbocycles. The van der Waals surface area contributed by atoms with Crippen molar-refractivity contribution in [3.05, 3.63) is 0 Å². The van der Waals surface area contributed by atoms with Crippen LogP contribution >= 0.6 is 0 Å². The Kier molecular flexibility index (Phi) is 2.84. The van der Waals surface area contributed by atoms with Crippen molar-refractivity contribution in [2.45, 2.75) is 19.6 Å². The number of aliphatic hydroxyl groups is 1. The van der Waals surface area contributed by atoms with Gasteiger partial charge in [0.1, 0.15) is 12.8 Å². The third-order valence-corrected chi connectivity index (χ3v) is 1.66. The average Bonchev–Trinajstić information content (AvgIpc) is 1.98. The molecule has 1 atom stereocenters. The summed E-state index contributed by atoms with van der Waals surface area (Å²) in [4.78, 5) is 12.4. The fourth-order valence-electron chi connectivity index (χ4n) is 1.11. The average molecular weight is 159 g/mol. The molecule has 0 radical (unpaired) electrons. The Hall–Kier alpha value is -0.610. The summed E-state index contributed by atoms with van der Waals surface area (Å²) in [5, 5.41) is 9.27. The second-order valence-electron chi connectivity index (χ2n) is 2.63. The Morgan fingerprint density at radius 2 is 2.55 bits per heavy atom. The summed E-state index contributed by atoms with van der Waals surface area (Å²) in [5.41, 5.74) is 0. The Labute approximate surface area is 65.8 Å². The van der Waals surface area contributed by atoms with E-state index in [9.17, 15) is 9.90 Å². The highest BCUT2D eigenvalue weighted by Gasteiger charge is 2.24. The minimum atomic E-state index is -0.604. The lowest BCUT2D eigenvalue weighted by Crippen LogP contribution is -2.47. The van der Waals surface area contributed by atoms with Crippen LogP contribution < -0.4 is 0 Å². The van der Waals surface area contributed by atoms with Gasteiger partial charge in [0, 0.05) is 6.54 Å². The fraction of sp³-hybridized carbons (Fsp3) is 0.857. The normalized spacial score (nSPS) is 26.7. The Morgan fingerprint density at radius 1 is 1.82 bits per heavy atom. The van der Waals surface area contributed by atoms with Gasteiger partial charge in [-0.05, 0) is 6.42 Å². The monoisotopic (exact) mass is 159 g/mol. The van der Waals surface area contributed by atoms with E-state index in [1.54, 1.807) is 4.90 Å². The first-order valence-corrected chi connectivity index (χ1v) is 3.81. The van der Waals surface area contributed by atoms with E-state index in [1.807, 2.05) is 6.92 Å². The maximum Gasteiger partial charge on any atom is 0.320 e. The number of esters is 1. The van der Waals surface area contributed by atoms with Gasteiger partial charge in [-0.2, -0.15) is 0 Å². The van der Waals surface area contributed by atoms with Crippen molar-refractivity contribution in [2.24, 2.45) is 0 Å². The van der Waals surface area contributed by atoms with Gasteiger partial charge in [0.25, 0.3) is 0 Å². The topological polar surface area (TPSA) is 49.8 Å². The molecule has 11 heavy (non-hydrogen) atoms. The molecule has 0 aromatic carbocycles. The molecular weight excluding hydrogens is 146 g/mol. The number of nitrogens with zero attached hydrogens (tertiary/aromatic N) is 1. The molecule has 0 unspecified atom stereocenters. The third kappa shape index (κ3) is 2.17. The molecule has 1 fully saturated rings. The summed E-state index contributed by atoms with van der Waals surface area (Å²) in [5.74, 6) is -0.247. The number of morpholine rings is 1. The van der Waals surface area contributed by atoms with Crippen LogP contribution in [0.2, 0.25) is 0 Å². The Morgan fingerprint density at radius 3 is 3.18 bits per heavy atom. The van der Waals surface area contributed by atoms with E-state index < -0.39 is 6.23 Å². The van der Waals surface area contributed by atoms with Crippen molar-refractivity contribution >= 4 is 5.97 Å². The number of aliphatic hydroxyl groups excluding tert-OH is 1. The molecule has 4 nitrogen and oxygen atoms in total. The first-order chi connectivity index (χ1) is 5.24. The van der Waals surface area contributed by atoms with Gasteiger partial charge in [-0.1, -0.05) is 6.92 Å². The minimum Gasteiger partial charge on any atom is -0.460 e. The van der Waals surface area contributed by atoms with E-state index in [-0.39, 0.29) is 19.1 Å². The summed E-state index contributed by atoms with van der Waals surface area (Å²) in [6.45, 7) is 3.08. The largest absolute Gasteiger partial charge is 0.460 e. The van der Waals surface area contributed by atoms with Gasteiger partial charge in [-0.15, -0.1) is 0 Å². The molecule has 1 saturated heterocycles. The minimum absolute atomic E-state index is 0.110. The summed E-state index contributed by atoms with van der Waals surface area (Å²) in [6, 6.07) is 0. The Bertz CT molecular complexity index is 149. The van der Waals surface area contributed by atoms with Crippen molar-refractivity contribution in [2.75, 3.05) is 19.7 Å². The number of ether oxygens (including phenoxy) is 1. The van der Waals surface area contributed by atoms with Crippen LogP contribution in [0.1, 0.15) is 13.3 Å². The van der Waals surface area contributed by atoms with Gasteiger partial charge < -0.3 is 9.84 Å². The van der Waals surface area contributed by atoms with Crippen LogP contribution in [0.3, 0.4) is 0 Å². The summed E-state index contributed by atoms with van der Waals surface area (Å²) < 4.78 is 4.64. The predicted octanol–water partition coefficient (Wildman–Crippen LogP) is -0.426. The lowest BCUT2D eigenvalue weighted by Gasteiger charge is -2.30. The van der Waals surface area contributed by atoms with Crippen molar-refractivity contribution in [3.63, 3.8) is 0 Å². The third-order valence-electron chi connectivity index (χ3n) is 1.66. The smallest absolute Gasteiger partial charge is 0.320 e. The van der Waals surface area contributed by atoms with Gasteiger partial charge in [0.15, 0.2) is 0 Å². The molecule has 0 bridgehead atoms. The number of cyclic esters (lactones) is 1. The highest BCUT2D eigenvalue weighted by Crippen LogP contribution is 2.04. The molecular formula is C7H13NO3. The van der Waals surface area contributed by atoms with E-state index in [2.05, 4.69) is 4.74 Å². The van der Waals surface area contributed by atoms with Crippen molar-refractivity contribution in [1.29, 1.82) is 0 Å². The van der Waals surface area contributed by atoms with Gasteiger partial charge >= 0.3 is 5.97 Å². The zero-order valence-corrected chi connectivity index (χ0v) is 6.62. The van der Waals surface area contributed by atoms with Gasteiger partial charge in [-0.3, -0.25) is 9.69 Å². The molecule has 1 aliphatic rings. The van der Waals surface area contributed by atoms with Crippen LogP contribution in [0.4, 0.5) is 0 Å². The lowest BCUT2D eigenvalue weighted by atomic mass is 10.3. The van der Waals surface area contributed by atoms with Crippen molar-refractivity contribution in [1.82, 2.24) is 4.90 Å². The highest BCUT2D eigenvalue weighted by atomic mass is 16.5. The maximum atomic E-state index is 10.7. The predicted molar refractivity (Wildman–Crippen MR) is 38.8 cm³/mol. The number of carbonyl (C=O) groups excluding carboxylic acids is 1. The first-order valence-electron chi connectivity index (χ1n) is 3.81. The van der Waals surface area contributed by atoms with Gasteiger partial charge in [0.05, 0.1) is 6.54 Å².